The summed E-state index contributed by atoms with van der Waals surface area (Å²) in [6.45, 7) is 3.62. The third kappa shape index (κ3) is 17.4. The molecule has 132 heavy (non-hydrogen) atoms. The van der Waals surface area contributed by atoms with Gasteiger partial charge in [-0.3, -0.25) is 0 Å². The van der Waals surface area contributed by atoms with Crippen LogP contribution in [0.15, 0.2) is 461 Å². The molecule has 23 aromatic rings. The van der Waals surface area contributed by atoms with Crippen molar-refractivity contribution in [2.45, 2.75) is 29.7 Å². The first kappa shape index (κ1) is 87.7. The number of nitrogens with zero attached hydrogens (tertiary/aromatic N) is 7. The number of benzene rings is 18. The van der Waals surface area contributed by atoms with Crippen LogP contribution in [-0.2, 0) is 4.57 Å². The number of fused-ring (bicyclic) bond motifs is 10. The number of para-hydroxylation sites is 1. The van der Waals surface area contributed by atoms with Crippen molar-refractivity contribution >= 4 is 88.4 Å². The second kappa shape index (κ2) is 38.7. The van der Waals surface area contributed by atoms with E-state index in [1.807, 2.05) is 98.3 Å². The van der Waals surface area contributed by atoms with Gasteiger partial charge in [-0.15, -0.1) is 0 Å². The van der Waals surface area contributed by atoms with Gasteiger partial charge in [0.05, 0.1) is 56.2 Å². The van der Waals surface area contributed by atoms with E-state index in [9.17, 15) is 4.57 Å². The fourth-order valence-electron chi connectivity index (χ4n) is 17.8. The van der Waals surface area contributed by atoms with E-state index in [0.717, 1.165) is 172 Å². The second-order valence-corrected chi connectivity index (χ2v) is 35.6. The average molecular weight is 1720 g/mol. The normalized spacial score (nSPS) is 11.0. The lowest BCUT2D eigenvalue weighted by Crippen LogP contribution is -2.01. The maximum atomic E-state index is 12.5. The van der Waals surface area contributed by atoms with Crippen LogP contribution in [0.5, 0.6) is 0 Å². The van der Waals surface area contributed by atoms with Gasteiger partial charge in [0, 0.05) is 109 Å². The van der Waals surface area contributed by atoms with Gasteiger partial charge in [-0.1, -0.05) is 448 Å². The summed E-state index contributed by atoms with van der Waals surface area (Å²) in [5.74, 6) is 1.41. The molecule has 0 saturated carbocycles. The first-order valence-electron chi connectivity index (χ1n) is 43.1. The monoisotopic (exact) mass is 1720 g/mol. The summed E-state index contributed by atoms with van der Waals surface area (Å²) >= 11 is 0. The van der Waals surface area contributed by atoms with Crippen LogP contribution >= 0.6 is 7.14 Å². The molecule has 5 aromatic heterocycles. The smallest absolute Gasteiger partial charge is 0.160 e. The Morgan fingerprint density at radius 1 is 0.174 bits per heavy atom. The van der Waals surface area contributed by atoms with Crippen LogP contribution in [0.3, 0.4) is 0 Å². The van der Waals surface area contributed by atoms with Crippen molar-refractivity contribution in [2.24, 2.45) is 0 Å². The predicted octanol–water partition coefficient (Wildman–Crippen LogP) is 33.4. The van der Waals surface area contributed by atoms with Gasteiger partial charge in [0.25, 0.3) is 0 Å². The van der Waals surface area contributed by atoms with E-state index in [2.05, 4.69) is 376 Å². The van der Waals surface area contributed by atoms with Crippen molar-refractivity contribution in [3.05, 3.63) is 461 Å². The van der Waals surface area contributed by atoms with Crippen molar-refractivity contribution in [3.8, 4) is 146 Å². The summed E-state index contributed by atoms with van der Waals surface area (Å²) in [6.07, 6.45) is 0. The first-order valence-corrected chi connectivity index (χ1v) is 45.7. The maximum Gasteiger partial charge on any atom is 0.160 e. The molecule has 0 aliphatic rings. The number of rotatable bonds is 14. The number of pyridine rings is 3. The Hall–Kier alpha value is -16.4. The van der Waals surface area contributed by atoms with Crippen LogP contribution < -0.4 is 5.30 Å². The van der Waals surface area contributed by atoms with Crippen molar-refractivity contribution < 1.29 is 4.57 Å². The van der Waals surface area contributed by atoms with Gasteiger partial charge in [0.15, 0.2) is 11.6 Å². The SMILES string of the molecule is C.C.C.C.CP(C)(=O)c1ccc(-c2ccc3nc(-c4ccccc4)c4cccc(-c5ccccc5)c4c3c2)cc1.c1ccc(-c2nc(-c3ccc4nc(-c5ccccc5)c5cccc(-c6ccccc6)c5c4c3)c3ccccc3n2)cc1.c1ccc(-c2nc(-c3ccccc3)c(-c3ccc4nc(-c5ccccc5)c5cccc(-c6ccccc6)c5c4c3)c(-c3ccccc3)n2)cc1. The Morgan fingerprint density at radius 2 is 0.424 bits per heavy atom. The molecular formula is C123H98N7OP. The summed E-state index contributed by atoms with van der Waals surface area (Å²) in [5, 5.41) is 12.2. The van der Waals surface area contributed by atoms with E-state index in [1.165, 1.54) is 49.5 Å². The summed E-state index contributed by atoms with van der Waals surface area (Å²) in [4.78, 5) is 36.4. The van der Waals surface area contributed by atoms with Gasteiger partial charge in [0.1, 0.15) is 7.14 Å². The van der Waals surface area contributed by atoms with E-state index in [-0.39, 0.29) is 29.7 Å². The minimum Gasteiger partial charge on any atom is -0.319 e. The third-order valence-electron chi connectivity index (χ3n) is 23.9. The summed E-state index contributed by atoms with van der Waals surface area (Å²) < 4.78 is 12.5. The van der Waals surface area contributed by atoms with Crippen molar-refractivity contribution in [1.82, 2.24) is 34.9 Å². The van der Waals surface area contributed by atoms with Gasteiger partial charge in [-0.2, -0.15) is 0 Å². The molecule has 636 valence electrons. The molecule has 0 amide bonds. The molecule has 0 saturated heterocycles. The molecule has 0 N–H and O–H groups in total. The number of hydrogen-bond donors (Lipinski definition) is 0. The second-order valence-electron chi connectivity index (χ2n) is 32.4. The molecule has 0 atom stereocenters. The average Bonchev–Trinajstić information content (AvgIpc) is 0.746. The molecule has 0 unspecified atom stereocenters. The van der Waals surface area contributed by atoms with E-state index >= 15 is 0 Å². The summed E-state index contributed by atoms with van der Waals surface area (Å²) in [7, 11) is -2.29. The van der Waals surface area contributed by atoms with E-state index in [4.69, 9.17) is 34.9 Å². The van der Waals surface area contributed by atoms with Crippen molar-refractivity contribution in [2.75, 3.05) is 13.3 Å². The van der Waals surface area contributed by atoms with Gasteiger partial charge in [-0.05, 0) is 106 Å². The summed E-state index contributed by atoms with van der Waals surface area (Å²) in [6, 6.07) is 160. The molecule has 18 aromatic carbocycles. The molecule has 0 fully saturated rings. The van der Waals surface area contributed by atoms with Crippen molar-refractivity contribution in [3.63, 3.8) is 0 Å². The Bertz CT molecular complexity index is 8040. The van der Waals surface area contributed by atoms with Crippen LogP contribution in [0, 0.1) is 0 Å². The molecule has 0 radical (unpaired) electrons. The van der Waals surface area contributed by atoms with E-state index in [0.29, 0.717) is 5.82 Å². The van der Waals surface area contributed by atoms with E-state index in [1.54, 1.807) is 0 Å². The van der Waals surface area contributed by atoms with Gasteiger partial charge >= 0.3 is 0 Å². The van der Waals surface area contributed by atoms with Crippen LogP contribution in [-0.4, -0.2) is 48.2 Å². The zero-order valence-electron chi connectivity index (χ0n) is 70.4. The minimum atomic E-state index is -2.29. The van der Waals surface area contributed by atoms with Crippen LogP contribution in [0.2, 0.25) is 0 Å². The van der Waals surface area contributed by atoms with Crippen LogP contribution in [0.25, 0.3) is 222 Å². The third-order valence-corrected chi connectivity index (χ3v) is 25.4. The highest BCUT2D eigenvalue weighted by Crippen LogP contribution is 2.48. The van der Waals surface area contributed by atoms with Crippen LogP contribution in [0.4, 0.5) is 0 Å². The largest absolute Gasteiger partial charge is 0.319 e. The highest BCUT2D eigenvalue weighted by Gasteiger charge is 2.25. The summed E-state index contributed by atoms with van der Waals surface area (Å²) in [5.41, 5.74) is 29.2. The molecule has 0 spiro atoms. The van der Waals surface area contributed by atoms with Gasteiger partial charge < -0.3 is 4.57 Å². The molecule has 0 aliphatic carbocycles. The van der Waals surface area contributed by atoms with Crippen LogP contribution in [0.1, 0.15) is 29.7 Å². The van der Waals surface area contributed by atoms with E-state index < -0.39 is 7.14 Å². The topological polar surface area (TPSA) is 107 Å². The molecule has 8 nitrogen and oxygen atoms in total. The lowest BCUT2D eigenvalue weighted by atomic mass is 9.90. The Labute approximate surface area is 772 Å². The number of hydrogen-bond acceptors (Lipinski definition) is 8. The lowest BCUT2D eigenvalue weighted by molar-refractivity contribution is 0.588. The Balaban J connectivity index is 0.000000138. The van der Waals surface area contributed by atoms with Gasteiger partial charge in [0.2, 0.25) is 0 Å². The minimum absolute atomic E-state index is 0. The number of aromatic nitrogens is 7. The Morgan fingerprint density at radius 3 is 0.780 bits per heavy atom. The zero-order chi connectivity index (χ0) is 85.9. The highest BCUT2D eigenvalue weighted by atomic mass is 31.2. The molecular weight excluding hydrogens is 1620 g/mol. The fraction of sp³-hybridized carbons (Fsp3) is 0.0488. The zero-order valence-corrected chi connectivity index (χ0v) is 71.3. The molecule has 23 rings (SSSR count). The maximum absolute atomic E-state index is 12.5. The van der Waals surface area contributed by atoms with Crippen molar-refractivity contribution in [1.29, 1.82) is 0 Å². The standard InChI is InChI=1S/C47H31N3.C39H25N3.C33H26NOP.4CH4/c1-6-17-32(18-7-1)38-27-16-28-39-43(38)40-31-37(29-30-41(40)48-44(39)33-19-8-2-9-20-33)42-45(34-21-10-3-11-22-34)49-47(36-25-14-5-15-26-36)50-46(42)35-23-12-4-13-24-35;1-4-13-26(14-5-1)30-20-12-21-32-36(30)33-25-29(23-24-35(33)40-37(32)27-15-6-2-7-16-27)38-31-19-10-11-22-34(31)41-39(42-38)28-17-8-3-9-18-28;1-36(2,35)27-19-16-23(17-20-27)26-18-21-31-30(22-26)32-28(24-10-5-3-6-11-24)14-9-15-29(32)33(34-31)25-12-7-4-8-13-25;;;;/h1-31H;1-25H;3-22H,1-2H3;4*1H4. The molecule has 0 aliphatic heterocycles. The lowest BCUT2D eigenvalue weighted by Gasteiger charge is -2.18. The van der Waals surface area contributed by atoms with Gasteiger partial charge in [-0.25, -0.2) is 34.9 Å². The molecule has 5 heterocycles. The predicted molar refractivity (Wildman–Crippen MR) is 563 cm³/mol. The quantitative estimate of drug-likeness (QED) is 0.0783. The first-order chi connectivity index (χ1) is 63.1. The molecule has 9 heteroatoms. The Kier molecular flexibility index (Phi) is 25.7. The fourth-order valence-corrected chi connectivity index (χ4v) is 18.6. The molecule has 0 bridgehead atoms. The highest BCUT2D eigenvalue weighted by molar-refractivity contribution is 7.70.